The number of piperidine rings is 1. The van der Waals surface area contributed by atoms with Crippen molar-refractivity contribution in [3.05, 3.63) is 64.1 Å². The largest absolute Gasteiger partial charge is 0.353 e. The molecule has 2 N–H and O–H groups in total. The van der Waals surface area contributed by atoms with Crippen LogP contribution in [0, 0.1) is 6.92 Å². The van der Waals surface area contributed by atoms with E-state index in [-0.39, 0.29) is 29.6 Å². The van der Waals surface area contributed by atoms with Crippen molar-refractivity contribution in [1.29, 1.82) is 0 Å². The van der Waals surface area contributed by atoms with Gasteiger partial charge < -0.3 is 15.2 Å². The number of nitrogens with zero attached hydrogens (tertiary/aromatic N) is 2. The summed E-state index contributed by atoms with van der Waals surface area (Å²) >= 11 is 0. The minimum Gasteiger partial charge on any atom is -0.353 e. The molecule has 30 heavy (non-hydrogen) atoms. The van der Waals surface area contributed by atoms with Crippen LogP contribution in [0.4, 0.5) is 5.69 Å². The number of pyridine rings is 1. The number of rotatable bonds is 7. The van der Waals surface area contributed by atoms with E-state index < -0.39 is 0 Å². The molecule has 7 nitrogen and oxygen atoms in total. The number of nitrogens with one attached hydrogen (secondary N) is 2. The SMILES string of the molecule is Cc1ccc(NC(=O)c2ccccc2)c(=O)n1CC(=O)NCCN1CCCC[C@@H]1C. The van der Waals surface area contributed by atoms with Gasteiger partial charge in [0, 0.05) is 30.4 Å². The van der Waals surface area contributed by atoms with Gasteiger partial charge in [0.05, 0.1) is 0 Å². The van der Waals surface area contributed by atoms with Crippen molar-refractivity contribution in [2.75, 3.05) is 25.0 Å². The van der Waals surface area contributed by atoms with Crippen molar-refractivity contribution >= 4 is 17.5 Å². The number of carbonyl (C=O) groups is 2. The molecular weight excluding hydrogens is 380 g/mol. The molecule has 1 aromatic carbocycles. The summed E-state index contributed by atoms with van der Waals surface area (Å²) in [6, 6.07) is 12.5. The second-order valence-corrected chi connectivity index (χ2v) is 7.83. The molecule has 1 aliphatic heterocycles. The number of benzene rings is 1. The van der Waals surface area contributed by atoms with Crippen LogP contribution in [0.2, 0.25) is 0 Å². The third kappa shape index (κ3) is 5.57. The summed E-state index contributed by atoms with van der Waals surface area (Å²) in [5.74, 6) is -0.570. The first-order valence-corrected chi connectivity index (χ1v) is 10.5. The fourth-order valence-electron chi connectivity index (χ4n) is 3.77. The highest BCUT2D eigenvalue weighted by Crippen LogP contribution is 2.15. The fourth-order valence-corrected chi connectivity index (χ4v) is 3.77. The van der Waals surface area contributed by atoms with Gasteiger partial charge in [-0.25, -0.2) is 0 Å². The van der Waals surface area contributed by atoms with Crippen LogP contribution in [0.1, 0.15) is 42.2 Å². The topological polar surface area (TPSA) is 83.4 Å². The molecule has 2 aromatic rings. The highest BCUT2D eigenvalue weighted by molar-refractivity contribution is 6.04. The molecule has 1 aromatic heterocycles. The van der Waals surface area contributed by atoms with Gasteiger partial charge in [-0.05, 0) is 57.5 Å². The van der Waals surface area contributed by atoms with Crippen molar-refractivity contribution in [2.24, 2.45) is 0 Å². The van der Waals surface area contributed by atoms with Gasteiger partial charge in [0.15, 0.2) is 0 Å². The van der Waals surface area contributed by atoms with E-state index in [0.717, 1.165) is 13.1 Å². The molecule has 0 bridgehead atoms. The number of aryl methyl sites for hydroxylation is 1. The summed E-state index contributed by atoms with van der Waals surface area (Å²) in [4.78, 5) is 40.0. The molecule has 2 heterocycles. The summed E-state index contributed by atoms with van der Waals surface area (Å²) in [6.07, 6.45) is 3.67. The van der Waals surface area contributed by atoms with Crippen LogP contribution < -0.4 is 16.2 Å². The average molecular weight is 411 g/mol. The number of anilines is 1. The number of hydrogen-bond acceptors (Lipinski definition) is 4. The Kier molecular flexibility index (Phi) is 7.41. The Labute approximate surface area is 177 Å². The van der Waals surface area contributed by atoms with Gasteiger partial charge in [-0.2, -0.15) is 0 Å². The van der Waals surface area contributed by atoms with Gasteiger partial charge >= 0.3 is 0 Å². The Balaban J connectivity index is 1.60. The summed E-state index contributed by atoms with van der Waals surface area (Å²) in [6.45, 7) is 6.36. The van der Waals surface area contributed by atoms with Gasteiger partial charge in [-0.3, -0.25) is 19.3 Å². The lowest BCUT2D eigenvalue weighted by atomic mass is 10.0. The van der Waals surface area contributed by atoms with Crippen LogP contribution in [0.25, 0.3) is 0 Å². The van der Waals surface area contributed by atoms with Crippen LogP contribution in [0.3, 0.4) is 0 Å². The van der Waals surface area contributed by atoms with E-state index in [1.165, 1.54) is 23.8 Å². The lowest BCUT2D eigenvalue weighted by Gasteiger charge is -2.33. The summed E-state index contributed by atoms with van der Waals surface area (Å²) < 4.78 is 1.39. The molecule has 7 heteroatoms. The monoisotopic (exact) mass is 410 g/mol. The van der Waals surface area contributed by atoms with Gasteiger partial charge in [0.1, 0.15) is 12.2 Å². The zero-order chi connectivity index (χ0) is 21.5. The molecule has 0 unspecified atom stereocenters. The predicted molar refractivity (Wildman–Crippen MR) is 118 cm³/mol. The van der Waals surface area contributed by atoms with Crippen LogP contribution in [0.15, 0.2) is 47.3 Å². The van der Waals surface area contributed by atoms with Crippen molar-refractivity contribution < 1.29 is 9.59 Å². The highest BCUT2D eigenvalue weighted by atomic mass is 16.2. The maximum absolute atomic E-state index is 12.8. The first-order valence-electron chi connectivity index (χ1n) is 10.5. The van der Waals surface area contributed by atoms with Gasteiger partial charge in [-0.15, -0.1) is 0 Å². The van der Waals surface area contributed by atoms with Gasteiger partial charge in [-0.1, -0.05) is 24.6 Å². The summed E-state index contributed by atoms with van der Waals surface area (Å²) in [7, 11) is 0. The number of carbonyl (C=O) groups excluding carboxylic acids is 2. The van der Waals surface area contributed by atoms with E-state index in [4.69, 9.17) is 0 Å². The Bertz CT molecular complexity index is 939. The zero-order valence-electron chi connectivity index (χ0n) is 17.7. The Morgan fingerprint density at radius 2 is 1.87 bits per heavy atom. The first-order chi connectivity index (χ1) is 14.5. The summed E-state index contributed by atoms with van der Waals surface area (Å²) in [5, 5.41) is 5.56. The lowest BCUT2D eigenvalue weighted by molar-refractivity contribution is -0.121. The molecule has 1 fully saturated rings. The third-order valence-corrected chi connectivity index (χ3v) is 5.64. The molecule has 0 radical (unpaired) electrons. The predicted octanol–water partition coefficient (Wildman–Crippen LogP) is 2.40. The molecule has 3 rings (SSSR count). The maximum Gasteiger partial charge on any atom is 0.274 e. The van der Waals surface area contributed by atoms with Crippen LogP contribution in [-0.2, 0) is 11.3 Å². The number of amides is 2. The van der Waals surface area contributed by atoms with E-state index in [1.54, 1.807) is 43.3 Å². The Hall–Kier alpha value is -2.93. The molecule has 2 amide bonds. The van der Waals surface area contributed by atoms with E-state index in [0.29, 0.717) is 23.8 Å². The van der Waals surface area contributed by atoms with Gasteiger partial charge in [0.2, 0.25) is 5.91 Å². The van der Waals surface area contributed by atoms with E-state index in [1.807, 2.05) is 6.07 Å². The van der Waals surface area contributed by atoms with Crippen LogP contribution in [-0.4, -0.2) is 47.0 Å². The molecule has 160 valence electrons. The van der Waals surface area contributed by atoms with Crippen LogP contribution >= 0.6 is 0 Å². The smallest absolute Gasteiger partial charge is 0.274 e. The van der Waals surface area contributed by atoms with Gasteiger partial charge in [0.25, 0.3) is 11.5 Å². The second kappa shape index (κ2) is 10.2. The zero-order valence-corrected chi connectivity index (χ0v) is 17.7. The van der Waals surface area contributed by atoms with Crippen molar-refractivity contribution in [3.63, 3.8) is 0 Å². The molecule has 1 atom stereocenters. The minimum absolute atomic E-state index is 0.0741. The number of likely N-dealkylation sites (tertiary alicyclic amines) is 1. The van der Waals surface area contributed by atoms with Crippen molar-refractivity contribution in [1.82, 2.24) is 14.8 Å². The molecule has 0 aliphatic carbocycles. The highest BCUT2D eigenvalue weighted by Gasteiger charge is 2.18. The second-order valence-electron chi connectivity index (χ2n) is 7.83. The summed E-state index contributed by atoms with van der Waals surface area (Å²) in [5.41, 5.74) is 0.898. The van der Waals surface area contributed by atoms with E-state index in [9.17, 15) is 14.4 Å². The molecular formula is C23H30N4O3. The fraction of sp³-hybridized carbons (Fsp3) is 0.435. The maximum atomic E-state index is 12.8. The quantitative estimate of drug-likeness (QED) is 0.734. The van der Waals surface area contributed by atoms with E-state index >= 15 is 0 Å². The number of aromatic nitrogens is 1. The van der Waals surface area contributed by atoms with E-state index in [2.05, 4.69) is 22.5 Å². The normalized spacial score (nSPS) is 16.8. The third-order valence-electron chi connectivity index (χ3n) is 5.64. The van der Waals surface area contributed by atoms with Crippen molar-refractivity contribution in [3.8, 4) is 0 Å². The Morgan fingerprint density at radius 1 is 1.10 bits per heavy atom. The number of hydrogen-bond donors (Lipinski definition) is 2. The lowest BCUT2D eigenvalue weighted by Crippen LogP contribution is -2.43. The Morgan fingerprint density at radius 3 is 2.60 bits per heavy atom. The molecule has 0 saturated carbocycles. The average Bonchev–Trinajstić information content (AvgIpc) is 2.75. The molecule has 1 aliphatic rings. The molecule has 0 spiro atoms. The first kappa shape index (κ1) is 21.8. The van der Waals surface area contributed by atoms with Crippen molar-refractivity contribution in [2.45, 2.75) is 45.7 Å². The molecule has 1 saturated heterocycles. The minimum atomic E-state index is -0.390. The standard InChI is InChI=1S/C23H30N4O3/c1-17-8-6-7-14-26(17)15-13-24-21(28)16-27-18(2)11-12-20(23(27)30)25-22(29)19-9-4-3-5-10-19/h3-5,9-12,17H,6-8,13-16H2,1-2H3,(H,24,28)(H,25,29)/t17-/m0/s1. The van der Waals surface area contributed by atoms with Crippen LogP contribution in [0.5, 0.6) is 0 Å².